The fraction of sp³-hybridized carbons (Fsp3) is 0.500. The molecular weight excluding hydrogens is 266 g/mol. The zero-order valence-electron chi connectivity index (χ0n) is 11.3. The van der Waals surface area contributed by atoms with Crippen LogP contribution < -0.4 is 5.32 Å². The van der Waals surface area contributed by atoms with Crippen LogP contribution in [-0.2, 0) is 4.79 Å². The number of carbonyl (C=O) groups excluding carboxylic acids is 1. The average molecular weight is 284 g/mol. The molecule has 6 heteroatoms. The second-order valence-corrected chi connectivity index (χ2v) is 5.26. The summed E-state index contributed by atoms with van der Waals surface area (Å²) in [6.45, 7) is 2.82. The van der Waals surface area contributed by atoms with Gasteiger partial charge in [0, 0.05) is 13.1 Å². The van der Waals surface area contributed by atoms with Crippen molar-refractivity contribution < 1.29 is 18.7 Å². The molecule has 0 aliphatic carbocycles. The molecule has 1 heterocycles. The molecular formula is C14H18F2N2O2. The lowest BCUT2D eigenvalue weighted by Gasteiger charge is -2.46. The first-order valence-electron chi connectivity index (χ1n) is 6.62. The van der Waals surface area contributed by atoms with Gasteiger partial charge in [-0.15, -0.1) is 0 Å². The van der Waals surface area contributed by atoms with Crippen molar-refractivity contribution >= 4 is 11.6 Å². The maximum atomic E-state index is 13.4. The van der Waals surface area contributed by atoms with Gasteiger partial charge < -0.3 is 10.4 Å². The van der Waals surface area contributed by atoms with Crippen molar-refractivity contribution in [2.75, 3.05) is 25.0 Å². The Morgan fingerprint density at radius 1 is 1.40 bits per heavy atom. The van der Waals surface area contributed by atoms with Gasteiger partial charge in [-0.2, -0.15) is 0 Å². The summed E-state index contributed by atoms with van der Waals surface area (Å²) >= 11 is 0. The molecule has 1 aromatic rings. The van der Waals surface area contributed by atoms with Gasteiger partial charge in [-0.25, -0.2) is 8.78 Å². The lowest BCUT2D eigenvalue weighted by Crippen LogP contribution is -2.62. The first kappa shape index (κ1) is 14.9. The highest BCUT2D eigenvalue weighted by Gasteiger charge is 2.40. The normalized spacial score (nSPS) is 17.6. The van der Waals surface area contributed by atoms with Gasteiger partial charge in [-0.1, -0.05) is 19.4 Å². The van der Waals surface area contributed by atoms with Gasteiger partial charge in [-0.3, -0.25) is 9.69 Å². The number of halogens is 2. The quantitative estimate of drug-likeness (QED) is 0.866. The number of hydrogen-bond acceptors (Lipinski definition) is 3. The Bertz CT molecular complexity index is 482. The average Bonchev–Trinajstić information content (AvgIpc) is 2.32. The number of nitrogens with one attached hydrogen (secondary N) is 1. The molecule has 1 fully saturated rings. The Kier molecular flexibility index (Phi) is 4.35. The molecule has 2 rings (SSSR count). The SMILES string of the molecule is CCCC1(O)CN(CC(=O)Nc2c(F)cccc2F)C1. The molecule has 4 nitrogen and oxygen atoms in total. The standard InChI is InChI=1S/C14H18F2N2O2/c1-2-6-14(20)8-18(9-14)7-12(19)17-13-10(15)4-3-5-11(13)16/h3-5,20H,2,6-9H2,1H3,(H,17,19). The van der Waals surface area contributed by atoms with E-state index in [1.165, 1.54) is 6.07 Å². The monoisotopic (exact) mass is 284 g/mol. The number of carbonyl (C=O) groups is 1. The third kappa shape index (κ3) is 3.32. The number of rotatable bonds is 5. The van der Waals surface area contributed by atoms with E-state index in [4.69, 9.17) is 0 Å². The van der Waals surface area contributed by atoms with Crippen molar-refractivity contribution in [3.05, 3.63) is 29.8 Å². The fourth-order valence-corrected chi connectivity index (χ4v) is 2.52. The number of para-hydroxylation sites is 1. The van der Waals surface area contributed by atoms with E-state index in [1.54, 1.807) is 4.90 Å². The van der Waals surface area contributed by atoms with Gasteiger partial charge in [0.15, 0.2) is 0 Å². The van der Waals surface area contributed by atoms with Crippen molar-refractivity contribution in [1.82, 2.24) is 4.90 Å². The molecule has 0 radical (unpaired) electrons. The Balaban J connectivity index is 1.86. The van der Waals surface area contributed by atoms with Crippen LogP contribution in [0.5, 0.6) is 0 Å². The lowest BCUT2D eigenvalue weighted by atomic mass is 9.89. The van der Waals surface area contributed by atoms with Crippen LogP contribution >= 0.6 is 0 Å². The predicted octanol–water partition coefficient (Wildman–Crippen LogP) is 1.75. The molecule has 0 bridgehead atoms. The van der Waals surface area contributed by atoms with Crippen molar-refractivity contribution in [2.45, 2.75) is 25.4 Å². The van der Waals surface area contributed by atoms with E-state index >= 15 is 0 Å². The Morgan fingerprint density at radius 3 is 2.55 bits per heavy atom. The highest BCUT2D eigenvalue weighted by molar-refractivity contribution is 5.92. The Morgan fingerprint density at radius 2 is 2.00 bits per heavy atom. The fourth-order valence-electron chi connectivity index (χ4n) is 2.52. The summed E-state index contributed by atoms with van der Waals surface area (Å²) in [5.41, 5.74) is -1.15. The van der Waals surface area contributed by atoms with Gasteiger partial charge in [0.25, 0.3) is 0 Å². The van der Waals surface area contributed by atoms with Crippen molar-refractivity contribution in [1.29, 1.82) is 0 Å². The van der Waals surface area contributed by atoms with Crippen LogP contribution in [-0.4, -0.2) is 41.1 Å². The summed E-state index contributed by atoms with van der Waals surface area (Å²) < 4.78 is 26.7. The van der Waals surface area contributed by atoms with E-state index in [2.05, 4.69) is 5.32 Å². The summed E-state index contributed by atoms with van der Waals surface area (Å²) in [5, 5.41) is 12.2. The second kappa shape index (κ2) is 5.85. The molecule has 20 heavy (non-hydrogen) atoms. The minimum atomic E-state index is -0.801. The summed E-state index contributed by atoms with van der Waals surface area (Å²) in [5.74, 6) is -2.10. The zero-order valence-corrected chi connectivity index (χ0v) is 11.3. The minimum absolute atomic E-state index is 0.0137. The van der Waals surface area contributed by atoms with Gasteiger partial charge in [0.2, 0.25) is 5.91 Å². The van der Waals surface area contributed by atoms with Crippen LogP contribution in [0.3, 0.4) is 0 Å². The number of likely N-dealkylation sites (tertiary alicyclic amines) is 1. The first-order valence-corrected chi connectivity index (χ1v) is 6.62. The van der Waals surface area contributed by atoms with E-state index in [-0.39, 0.29) is 6.54 Å². The highest BCUT2D eigenvalue weighted by atomic mass is 19.1. The van der Waals surface area contributed by atoms with Crippen molar-refractivity contribution in [3.63, 3.8) is 0 Å². The van der Waals surface area contributed by atoms with Crippen molar-refractivity contribution in [2.24, 2.45) is 0 Å². The van der Waals surface area contributed by atoms with Crippen molar-refractivity contribution in [3.8, 4) is 0 Å². The van der Waals surface area contributed by atoms with E-state index in [1.807, 2.05) is 6.92 Å². The molecule has 1 aromatic carbocycles. The van der Waals surface area contributed by atoms with Gasteiger partial charge in [0.05, 0.1) is 12.1 Å². The first-order chi connectivity index (χ1) is 9.43. The summed E-state index contributed by atoms with van der Waals surface area (Å²) in [6, 6.07) is 3.41. The third-order valence-corrected chi connectivity index (χ3v) is 3.35. The number of β-amino-alcohol motifs (C(OH)–C–C–N with tert-alkyl or cyclic N) is 1. The molecule has 0 spiro atoms. The van der Waals surface area contributed by atoms with Gasteiger partial charge in [-0.05, 0) is 18.6 Å². The topological polar surface area (TPSA) is 52.6 Å². The van der Waals surface area contributed by atoms with Crippen LogP contribution in [0.4, 0.5) is 14.5 Å². The van der Waals surface area contributed by atoms with E-state index in [0.717, 1.165) is 18.6 Å². The molecule has 1 amide bonds. The molecule has 1 aliphatic heterocycles. The molecule has 1 aliphatic rings. The largest absolute Gasteiger partial charge is 0.387 e. The van der Waals surface area contributed by atoms with E-state index < -0.39 is 28.8 Å². The molecule has 1 saturated heterocycles. The predicted molar refractivity (Wildman–Crippen MR) is 71.3 cm³/mol. The molecule has 0 saturated carbocycles. The Labute approximate surface area is 116 Å². The van der Waals surface area contributed by atoms with E-state index in [0.29, 0.717) is 19.5 Å². The number of hydrogen-bond donors (Lipinski definition) is 2. The minimum Gasteiger partial charge on any atom is -0.387 e. The molecule has 2 N–H and O–H groups in total. The van der Waals surface area contributed by atoms with Crippen LogP contribution in [0.2, 0.25) is 0 Å². The van der Waals surface area contributed by atoms with Gasteiger partial charge in [0.1, 0.15) is 17.3 Å². The lowest BCUT2D eigenvalue weighted by molar-refractivity contribution is -0.129. The summed E-state index contributed by atoms with van der Waals surface area (Å²) in [7, 11) is 0. The summed E-state index contributed by atoms with van der Waals surface area (Å²) in [6.07, 6.45) is 1.56. The Hall–Kier alpha value is -1.53. The number of benzene rings is 1. The number of anilines is 1. The molecule has 110 valence electrons. The second-order valence-electron chi connectivity index (χ2n) is 5.26. The maximum Gasteiger partial charge on any atom is 0.238 e. The number of amides is 1. The summed E-state index contributed by atoms with van der Waals surface area (Å²) in [4.78, 5) is 13.5. The van der Waals surface area contributed by atoms with Crippen LogP contribution in [0.1, 0.15) is 19.8 Å². The number of aliphatic hydroxyl groups is 1. The van der Waals surface area contributed by atoms with Crippen LogP contribution in [0.25, 0.3) is 0 Å². The number of nitrogens with zero attached hydrogens (tertiary/aromatic N) is 1. The van der Waals surface area contributed by atoms with Crippen LogP contribution in [0, 0.1) is 11.6 Å². The van der Waals surface area contributed by atoms with Gasteiger partial charge >= 0.3 is 0 Å². The maximum absolute atomic E-state index is 13.4. The van der Waals surface area contributed by atoms with Crippen LogP contribution in [0.15, 0.2) is 18.2 Å². The highest BCUT2D eigenvalue weighted by Crippen LogP contribution is 2.25. The molecule has 0 atom stereocenters. The third-order valence-electron chi connectivity index (χ3n) is 3.35. The van der Waals surface area contributed by atoms with E-state index in [9.17, 15) is 18.7 Å². The molecule has 0 aromatic heterocycles. The molecule has 0 unspecified atom stereocenters. The zero-order chi connectivity index (χ0) is 14.8. The smallest absolute Gasteiger partial charge is 0.238 e.